The Morgan fingerprint density at radius 3 is 2.64 bits per heavy atom. The van der Waals surface area contributed by atoms with E-state index in [1.165, 1.54) is 24.3 Å². The molecule has 0 fully saturated rings. The van der Waals surface area contributed by atoms with Crippen molar-refractivity contribution in [2.24, 2.45) is 4.99 Å². The Morgan fingerprint density at radius 2 is 1.92 bits per heavy atom. The third-order valence-corrected chi connectivity index (χ3v) is 6.05. The van der Waals surface area contributed by atoms with Gasteiger partial charge < -0.3 is 14.2 Å². The van der Waals surface area contributed by atoms with Crippen LogP contribution in [-0.2, 0) is 16.0 Å². The molecule has 36 heavy (non-hydrogen) atoms. The van der Waals surface area contributed by atoms with Gasteiger partial charge in [0.05, 0.1) is 33.2 Å². The maximum atomic E-state index is 12.5. The van der Waals surface area contributed by atoms with Crippen molar-refractivity contribution in [3.8, 4) is 11.5 Å². The molecule has 8 nitrogen and oxygen atoms in total. The molecule has 0 unspecified atom stereocenters. The summed E-state index contributed by atoms with van der Waals surface area (Å²) >= 11 is 9.69. The molecule has 0 spiro atoms. The molecule has 1 heterocycles. The van der Waals surface area contributed by atoms with Gasteiger partial charge in [0.2, 0.25) is 5.90 Å². The normalized spacial score (nSPS) is 13.9. The molecule has 0 N–H and O–H groups in total. The highest BCUT2D eigenvalue weighted by Gasteiger charge is 2.27. The van der Waals surface area contributed by atoms with E-state index in [0.29, 0.717) is 34.7 Å². The number of esters is 1. The molecule has 1 aliphatic heterocycles. The van der Waals surface area contributed by atoms with Gasteiger partial charge in [0.25, 0.3) is 5.69 Å². The minimum Gasteiger partial charge on any atom is -0.490 e. The number of hydrogen-bond donors (Lipinski definition) is 0. The second-order valence-electron chi connectivity index (χ2n) is 7.60. The lowest BCUT2D eigenvalue weighted by Gasteiger charge is -2.15. The summed E-state index contributed by atoms with van der Waals surface area (Å²) in [6.45, 7) is 2.73. The average molecular weight is 572 g/mol. The van der Waals surface area contributed by atoms with Crippen molar-refractivity contribution in [3.05, 3.63) is 103 Å². The summed E-state index contributed by atoms with van der Waals surface area (Å²) in [6.07, 6.45) is 2.26. The van der Waals surface area contributed by atoms with Crippen molar-refractivity contribution in [2.45, 2.75) is 13.3 Å². The van der Waals surface area contributed by atoms with Crippen LogP contribution in [0.5, 0.6) is 11.5 Å². The summed E-state index contributed by atoms with van der Waals surface area (Å²) in [4.78, 5) is 27.2. The van der Waals surface area contributed by atoms with E-state index in [1.54, 1.807) is 12.1 Å². The van der Waals surface area contributed by atoms with E-state index in [0.717, 1.165) is 12.0 Å². The molecule has 0 amide bonds. The maximum Gasteiger partial charge on any atom is 0.363 e. The van der Waals surface area contributed by atoms with Gasteiger partial charge in [-0.15, -0.1) is 0 Å². The van der Waals surface area contributed by atoms with Crippen LogP contribution in [0.4, 0.5) is 5.69 Å². The van der Waals surface area contributed by atoms with E-state index in [9.17, 15) is 14.9 Å². The van der Waals surface area contributed by atoms with Gasteiger partial charge in [-0.3, -0.25) is 10.1 Å². The first-order chi connectivity index (χ1) is 17.4. The second-order valence-corrected chi connectivity index (χ2v) is 8.87. The topological polar surface area (TPSA) is 100 Å². The number of nitrogens with zero attached hydrogens (tertiary/aromatic N) is 2. The van der Waals surface area contributed by atoms with Crippen LogP contribution in [0, 0.1) is 10.1 Å². The highest BCUT2D eigenvalue weighted by molar-refractivity contribution is 9.10. The van der Waals surface area contributed by atoms with Crippen LogP contribution in [0.15, 0.2) is 75.8 Å². The molecule has 0 bridgehead atoms. The number of hydrogen-bond acceptors (Lipinski definition) is 7. The van der Waals surface area contributed by atoms with Crippen LogP contribution < -0.4 is 9.47 Å². The second kappa shape index (κ2) is 11.4. The molecule has 0 saturated heterocycles. The molecular weight excluding hydrogens is 552 g/mol. The van der Waals surface area contributed by atoms with Crippen LogP contribution in [-0.4, -0.2) is 30.0 Å². The molecule has 0 saturated carbocycles. The van der Waals surface area contributed by atoms with Gasteiger partial charge in [-0.05, 0) is 58.3 Å². The summed E-state index contributed by atoms with van der Waals surface area (Å²) in [6, 6.07) is 17.3. The third kappa shape index (κ3) is 5.92. The Bertz CT molecular complexity index is 1370. The quantitative estimate of drug-likeness (QED) is 0.128. The van der Waals surface area contributed by atoms with Gasteiger partial charge in [-0.2, -0.15) is 0 Å². The molecule has 0 aromatic heterocycles. The largest absolute Gasteiger partial charge is 0.490 e. The fraction of sp³-hybridized carbons (Fsp3) is 0.154. The summed E-state index contributed by atoms with van der Waals surface area (Å²) in [5.74, 6) is 0.246. The van der Waals surface area contributed by atoms with Gasteiger partial charge in [0, 0.05) is 18.6 Å². The lowest BCUT2D eigenvalue weighted by molar-refractivity contribution is -0.384. The van der Waals surface area contributed by atoms with E-state index in [-0.39, 0.29) is 27.9 Å². The summed E-state index contributed by atoms with van der Waals surface area (Å²) in [5.41, 5.74) is 1.74. The van der Waals surface area contributed by atoms with E-state index in [4.69, 9.17) is 25.8 Å². The molecule has 10 heteroatoms. The van der Waals surface area contributed by atoms with E-state index >= 15 is 0 Å². The number of nitro benzene ring substituents is 1. The number of benzene rings is 3. The van der Waals surface area contributed by atoms with E-state index < -0.39 is 10.9 Å². The molecule has 3 aromatic rings. The lowest BCUT2D eigenvalue weighted by Crippen LogP contribution is -2.06. The zero-order chi connectivity index (χ0) is 25.7. The highest BCUT2D eigenvalue weighted by atomic mass is 79.9. The van der Waals surface area contributed by atoms with E-state index in [1.807, 2.05) is 37.3 Å². The number of aliphatic imine (C=N–C) groups is 1. The Labute approximate surface area is 220 Å². The lowest BCUT2D eigenvalue weighted by atomic mass is 10.1. The number of carbonyl (C=O) groups is 1. The van der Waals surface area contributed by atoms with Crippen LogP contribution in [0.3, 0.4) is 0 Å². The van der Waals surface area contributed by atoms with Crippen molar-refractivity contribution in [1.82, 2.24) is 0 Å². The zero-order valence-electron chi connectivity index (χ0n) is 19.1. The Hall–Kier alpha value is -3.69. The van der Waals surface area contributed by atoms with Crippen LogP contribution in [0.2, 0.25) is 5.02 Å². The van der Waals surface area contributed by atoms with Gasteiger partial charge in [-0.1, -0.05) is 41.9 Å². The van der Waals surface area contributed by atoms with Gasteiger partial charge in [0.15, 0.2) is 17.2 Å². The predicted octanol–water partition coefficient (Wildman–Crippen LogP) is 6.38. The van der Waals surface area contributed by atoms with Crippen molar-refractivity contribution < 1.29 is 23.9 Å². The van der Waals surface area contributed by atoms with Crippen molar-refractivity contribution in [1.29, 1.82) is 0 Å². The fourth-order valence-corrected chi connectivity index (χ4v) is 4.24. The van der Waals surface area contributed by atoms with Crippen molar-refractivity contribution in [3.63, 3.8) is 0 Å². The standard InChI is InChI=1S/C26H20BrClN2O6/c1-2-34-23-14-17(12-20(27)24(23)35-11-10-16-6-4-3-5-7-16)13-22-26(31)36-25(29-22)19-15-18(30(32)33)8-9-21(19)28/h3-9,12-15H,2,10-11H2,1H3/b22-13-. The van der Waals surface area contributed by atoms with Crippen molar-refractivity contribution in [2.75, 3.05) is 13.2 Å². The molecule has 0 atom stereocenters. The van der Waals surface area contributed by atoms with Gasteiger partial charge in [-0.25, -0.2) is 9.79 Å². The van der Waals surface area contributed by atoms with Crippen LogP contribution in [0.1, 0.15) is 23.6 Å². The number of cyclic esters (lactones) is 1. The number of halogens is 2. The molecule has 4 rings (SSSR count). The highest BCUT2D eigenvalue weighted by Crippen LogP contribution is 2.38. The molecule has 3 aromatic carbocycles. The number of carbonyl (C=O) groups excluding carboxylic acids is 1. The number of non-ortho nitro benzene ring substituents is 1. The SMILES string of the molecule is CCOc1cc(/C=C2\N=C(c3cc([N+](=O)[O-])ccc3Cl)OC2=O)cc(Br)c1OCCc1ccccc1. The number of nitro groups is 1. The molecule has 0 radical (unpaired) electrons. The fourth-order valence-electron chi connectivity index (χ4n) is 3.46. The van der Waals surface area contributed by atoms with E-state index in [2.05, 4.69) is 20.9 Å². The maximum absolute atomic E-state index is 12.5. The first-order valence-corrected chi connectivity index (χ1v) is 12.1. The molecule has 1 aliphatic rings. The average Bonchev–Trinajstić information content (AvgIpc) is 3.21. The molecular formula is C26H20BrClN2O6. The number of ether oxygens (including phenoxy) is 3. The predicted molar refractivity (Wildman–Crippen MR) is 140 cm³/mol. The Balaban J connectivity index is 1.59. The molecule has 0 aliphatic carbocycles. The zero-order valence-corrected chi connectivity index (χ0v) is 21.4. The molecule has 184 valence electrons. The van der Waals surface area contributed by atoms with Gasteiger partial charge in [0.1, 0.15) is 0 Å². The Morgan fingerprint density at radius 1 is 1.14 bits per heavy atom. The summed E-state index contributed by atoms with van der Waals surface area (Å²) < 4.78 is 17.7. The third-order valence-electron chi connectivity index (χ3n) is 5.13. The smallest absolute Gasteiger partial charge is 0.363 e. The van der Waals surface area contributed by atoms with Crippen LogP contribution >= 0.6 is 27.5 Å². The Kier molecular flexibility index (Phi) is 8.02. The summed E-state index contributed by atoms with van der Waals surface area (Å²) in [5, 5.41) is 11.3. The van der Waals surface area contributed by atoms with Gasteiger partial charge >= 0.3 is 5.97 Å². The first-order valence-electron chi connectivity index (χ1n) is 11.0. The minimum atomic E-state index is -0.704. The minimum absolute atomic E-state index is 0.0136. The van der Waals surface area contributed by atoms with Crippen molar-refractivity contribution >= 4 is 51.2 Å². The monoisotopic (exact) mass is 570 g/mol. The number of rotatable bonds is 9. The first kappa shape index (κ1) is 25.4. The van der Waals surface area contributed by atoms with Crippen LogP contribution in [0.25, 0.3) is 6.08 Å². The summed E-state index contributed by atoms with van der Waals surface area (Å²) in [7, 11) is 0.